The Morgan fingerprint density at radius 2 is 1.50 bits per heavy atom. The van der Waals surface area contributed by atoms with Crippen LogP contribution in [0, 0.1) is 0 Å². The molecule has 2 saturated heterocycles. The van der Waals surface area contributed by atoms with Crippen molar-refractivity contribution in [3.05, 3.63) is 29.8 Å². The van der Waals surface area contributed by atoms with Crippen LogP contribution < -0.4 is 32.7 Å². The highest BCUT2D eigenvalue weighted by Crippen LogP contribution is 2.25. The van der Waals surface area contributed by atoms with Crippen LogP contribution in [0.15, 0.2) is 24.3 Å². The average molecular weight is 675 g/mol. The highest BCUT2D eigenvalue weighted by molar-refractivity contribution is 5.97. The number of hydrogen-bond donors (Lipinski definition) is 8. The molecule has 0 bridgehead atoms. The number of carbonyl (C=O) groups is 8. The Morgan fingerprint density at radius 1 is 0.875 bits per heavy atom. The van der Waals surface area contributed by atoms with Crippen LogP contribution >= 0.6 is 0 Å². The van der Waals surface area contributed by atoms with Gasteiger partial charge < -0.3 is 52.7 Å². The highest BCUT2D eigenvalue weighted by Gasteiger charge is 2.43. The summed E-state index contributed by atoms with van der Waals surface area (Å²) in [5.74, 6) is -6.25. The van der Waals surface area contributed by atoms with Gasteiger partial charge >= 0.3 is 5.97 Å². The number of nitrogens with one attached hydrogen (secondary N) is 4. The Labute approximate surface area is 275 Å². The van der Waals surface area contributed by atoms with Crippen LogP contribution in [0.5, 0.6) is 5.75 Å². The minimum absolute atomic E-state index is 0.0383. The highest BCUT2D eigenvalue weighted by atomic mass is 16.4. The Balaban J connectivity index is 1.70. The molecule has 2 heterocycles. The molecule has 18 nitrogen and oxygen atoms in total. The smallest absolute Gasteiger partial charge is 0.326 e. The van der Waals surface area contributed by atoms with Gasteiger partial charge in [0.25, 0.3) is 0 Å². The lowest BCUT2D eigenvalue weighted by molar-refractivity contribution is -0.147. The van der Waals surface area contributed by atoms with Crippen molar-refractivity contribution in [2.45, 2.75) is 75.7 Å². The largest absolute Gasteiger partial charge is 0.508 e. The number of nitrogens with zero attached hydrogens (tertiary/aromatic N) is 2. The fourth-order valence-electron chi connectivity index (χ4n) is 5.62. The quantitative estimate of drug-likeness (QED) is 0.0900. The Morgan fingerprint density at radius 3 is 2.10 bits per heavy atom. The molecule has 3 rings (SSSR count). The van der Waals surface area contributed by atoms with Gasteiger partial charge in [0.05, 0.1) is 19.5 Å². The Kier molecular flexibility index (Phi) is 13.2. The first-order valence-corrected chi connectivity index (χ1v) is 15.5. The summed E-state index contributed by atoms with van der Waals surface area (Å²) < 4.78 is 0. The molecule has 1 aromatic carbocycles. The molecule has 5 atom stereocenters. The number of amides is 7. The molecule has 2 fully saturated rings. The average Bonchev–Trinajstić information content (AvgIpc) is 3.74. The van der Waals surface area contributed by atoms with Crippen LogP contribution in [-0.2, 0) is 44.8 Å². The van der Waals surface area contributed by atoms with Crippen LogP contribution in [-0.4, -0.2) is 124 Å². The molecule has 0 unspecified atom stereocenters. The van der Waals surface area contributed by atoms with E-state index in [-0.39, 0.29) is 38.2 Å². The third-order valence-electron chi connectivity index (χ3n) is 8.10. The lowest BCUT2D eigenvalue weighted by Crippen LogP contribution is -2.58. The molecule has 48 heavy (non-hydrogen) atoms. The number of carbonyl (C=O) groups excluding carboxylic acids is 7. The van der Waals surface area contributed by atoms with Crippen LogP contribution in [0.3, 0.4) is 0 Å². The molecule has 2 aliphatic heterocycles. The minimum Gasteiger partial charge on any atom is -0.508 e. The van der Waals surface area contributed by atoms with E-state index in [2.05, 4.69) is 21.3 Å². The molecule has 262 valence electrons. The predicted molar refractivity (Wildman–Crippen MR) is 166 cm³/mol. The molecule has 1 aromatic rings. The lowest BCUT2D eigenvalue weighted by Gasteiger charge is -2.32. The topological polar surface area (TPSA) is 284 Å². The molecular weight excluding hydrogens is 632 g/mol. The van der Waals surface area contributed by atoms with Gasteiger partial charge in [0.2, 0.25) is 41.4 Å². The zero-order valence-electron chi connectivity index (χ0n) is 26.5. The molecule has 0 radical (unpaired) electrons. The maximum atomic E-state index is 13.7. The second kappa shape index (κ2) is 17.1. The molecule has 18 heteroatoms. The maximum Gasteiger partial charge on any atom is 0.326 e. The van der Waals surface area contributed by atoms with Crippen molar-refractivity contribution < 1.29 is 48.6 Å². The van der Waals surface area contributed by atoms with E-state index in [1.807, 2.05) is 0 Å². The number of primary amides is 1. The molecule has 0 aliphatic carbocycles. The normalized spacial score (nSPS) is 19.0. The number of rotatable bonds is 15. The van der Waals surface area contributed by atoms with Crippen molar-refractivity contribution in [2.75, 3.05) is 26.2 Å². The number of carboxylic acid groups (broad SMARTS) is 1. The molecule has 0 aromatic heterocycles. The van der Waals surface area contributed by atoms with E-state index < -0.39 is 90.5 Å². The van der Waals surface area contributed by atoms with Crippen molar-refractivity contribution >= 4 is 47.3 Å². The SMILES string of the molecule is C[C@H](NC(=O)CN)C(=O)NCC(=O)N1CCC[C@H]1C(=O)N1CCC[C@H]1C(=O)N[C@@H](Cc1ccc(O)cc1)C(=O)N[C@@H](CC(N)=O)C(=O)O. The first-order valence-electron chi connectivity index (χ1n) is 15.5. The number of benzene rings is 1. The number of aliphatic carboxylic acids is 1. The van der Waals surface area contributed by atoms with Gasteiger partial charge in [0.1, 0.15) is 36.0 Å². The van der Waals surface area contributed by atoms with E-state index in [4.69, 9.17) is 11.5 Å². The van der Waals surface area contributed by atoms with Gasteiger partial charge in [-0.15, -0.1) is 0 Å². The standard InChI is InChI=1S/C30H42N8O10/c1-16(34-24(41)14-31)26(43)33-15-25(42)37-10-3-5-22(37)29(46)38-11-2-4-21(38)28(45)35-19(12-17-6-8-18(39)9-7-17)27(44)36-20(30(47)48)13-23(32)40/h6-9,16,19-22,39H,2-5,10-15,31H2,1H3,(H2,32,40)(H,33,43)(H,34,41)(H,35,45)(H,36,44)(H,47,48)/t16-,19-,20-,21-,22-/m0/s1. The van der Waals surface area contributed by atoms with E-state index in [0.29, 0.717) is 24.8 Å². The van der Waals surface area contributed by atoms with Crippen LogP contribution in [0.1, 0.15) is 44.6 Å². The van der Waals surface area contributed by atoms with Gasteiger partial charge in [-0.3, -0.25) is 33.6 Å². The summed E-state index contributed by atoms with van der Waals surface area (Å²) in [6, 6.07) is -0.0506. The number of phenols is 1. The zero-order chi connectivity index (χ0) is 35.5. The van der Waals surface area contributed by atoms with Gasteiger partial charge in [-0.05, 0) is 50.3 Å². The fraction of sp³-hybridized carbons (Fsp3) is 0.533. The van der Waals surface area contributed by atoms with Crippen molar-refractivity contribution in [3.63, 3.8) is 0 Å². The van der Waals surface area contributed by atoms with E-state index in [1.54, 1.807) is 0 Å². The first-order chi connectivity index (χ1) is 22.7. The second-order valence-corrected chi connectivity index (χ2v) is 11.6. The van der Waals surface area contributed by atoms with Crippen molar-refractivity contribution in [1.82, 2.24) is 31.1 Å². The van der Waals surface area contributed by atoms with Crippen molar-refractivity contribution in [1.29, 1.82) is 0 Å². The third kappa shape index (κ3) is 10.1. The van der Waals surface area contributed by atoms with Crippen LogP contribution in [0.2, 0.25) is 0 Å². The van der Waals surface area contributed by atoms with Gasteiger partial charge in [0.15, 0.2) is 0 Å². The number of hydrogen-bond acceptors (Lipinski definition) is 10. The molecule has 10 N–H and O–H groups in total. The van der Waals surface area contributed by atoms with E-state index >= 15 is 0 Å². The first kappa shape index (κ1) is 37.2. The Hall–Kier alpha value is -5.26. The number of likely N-dealkylation sites (tertiary alicyclic amines) is 2. The van der Waals surface area contributed by atoms with Gasteiger partial charge in [-0.1, -0.05) is 12.1 Å². The second-order valence-electron chi connectivity index (χ2n) is 11.6. The van der Waals surface area contributed by atoms with Gasteiger partial charge in [-0.25, -0.2) is 4.79 Å². The number of phenolic OH excluding ortho intramolecular Hbond substituents is 1. The summed E-state index contributed by atoms with van der Waals surface area (Å²) in [7, 11) is 0. The van der Waals surface area contributed by atoms with Gasteiger partial charge in [-0.2, -0.15) is 0 Å². The van der Waals surface area contributed by atoms with E-state index in [0.717, 1.165) is 0 Å². The van der Waals surface area contributed by atoms with Crippen LogP contribution in [0.4, 0.5) is 0 Å². The number of nitrogens with two attached hydrogens (primary N) is 2. The summed E-state index contributed by atoms with van der Waals surface area (Å²) in [5, 5.41) is 28.8. The zero-order valence-corrected chi connectivity index (χ0v) is 26.5. The Bertz CT molecular complexity index is 1400. The third-order valence-corrected chi connectivity index (χ3v) is 8.10. The number of carboxylic acids is 1. The molecule has 0 saturated carbocycles. The minimum atomic E-state index is -1.65. The number of aromatic hydroxyl groups is 1. The molecule has 0 spiro atoms. The molecule has 7 amide bonds. The lowest BCUT2D eigenvalue weighted by atomic mass is 10.0. The van der Waals surface area contributed by atoms with E-state index in [1.165, 1.54) is 41.0 Å². The fourth-order valence-corrected chi connectivity index (χ4v) is 5.62. The summed E-state index contributed by atoms with van der Waals surface area (Å²) >= 11 is 0. The summed E-state index contributed by atoms with van der Waals surface area (Å²) in [5.41, 5.74) is 10.9. The summed E-state index contributed by atoms with van der Waals surface area (Å²) in [6.07, 6.45) is 0.751. The van der Waals surface area contributed by atoms with Crippen molar-refractivity contribution in [3.8, 4) is 5.75 Å². The maximum absolute atomic E-state index is 13.7. The van der Waals surface area contributed by atoms with Crippen LogP contribution in [0.25, 0.3) is 0 Å². The van der Waals surface area contributed by atoms with Crippen molar-refractivity contribution in [2.24, 2.45) is 11.5 Å². The summed E-state index contributed by atoms with van der Waals surface area (Å²) in [4.78, 5) is 103. The molecule has 2 aliphatic rings. The monoisotopic (exact) mass is 674 g/mol. The van der Waals surface area contributed by atoms with Gasteiger partial charge in [0, 0.05) is 19.5 Å². The molecular formula is C30H42N8O10. The van der Waals surface area contributed by atoms with E-state index in [9.17, 15) is 48.6 Å². The summed E-state index contributed by atoms with van der Waals surface area (Å²) in [6.45, 7) is 1.16. The predicted octanol–water partition coefficient (Wildman–Crippen LogP) is -3.57.